The zero-order chi connectivity index (χ0) is 15.1. The first-order valence-electron chi connectivity index (χ1n) is 8.06. The zero-order valence-corrected chi connectivity index (χ0v) is 13.5. The third kappa shape index (κ3) is 4.53. The molecule has 1 fully saturated rings. The first kappa shape index (κ1) is 16.0. The van der Waals surface area contributed by atoms with Crippen molar-refractivity contribution in [3.63, 3.8) is 0 Å². The van der Waals surface area contributed by atoms with Crippen molar-refractivity contribution in [3.8, 4) is 11.5 Å². The van der Waals surface area contributed by atoms with Gasteiger partial charge >= 0.3 is 0 Å². The van der Waals surface area contributed by atoms with Crippen LogP contribution in [-0.4, -0.2) is 44.3 Å². The molecule has 1 atom stereocenters. The van der Waals surface area contributed by atoms with E-state index in [1.165, 1.54) is 32.4 Å². The summed E-state index contributed by atoms with van der Waals surface area (Å²) >= 11 is 0. The maximum atomic E-state index is 5.56. The lowest BCUT2D eigenvalue weighted by Gasteiger charge is -2.20. The number of nitrogens with zero attached hydrogens (tertiary/aromatic N) is 1. The maximum absolute atomic E-state index is 5.56. The summed E-state index contributed by atoms with van der Waals surface area (Å²) in [4.78, 5) is 2.53. The monoisotopic (exact) mass is 292 g/mol. The molecule has 1 aliphatic heterocycles. The normalized spacial score (nSPS) is 19.9. The second-order valence-corrected chi connectivity index (χ2v) is 5.51. The van der Waals surface area contributed by atoms with Gasteiger partial charge in [-0.05, 0) is 51.4 Å². The lowest BCUT2D eigenvalue weighted by molar-refractivity contribution is 0.300. The Kier molecular flexibility index (Phi) is 6.18. The van der Waals surface area contributed by atoms with Gasteiger partial charge in [-0.1, -0.05) is 6.92 Å². The fourth-order valence-corrected chi connectivity index (χ4v) is 2.88. The third-order valence-electron chi connectivity index (χ3n) is 4.10. The number of hydrogen-bond acceptors (Lipinski definition) is 4. The molecule has 1 unspecified atom stereocenters. The fraction of sp³-hybridized carbons (Fsp3) is 0.647. The van der Waals surface area contributed by atoms with Crippen LogP contribution in [0.3, 0.4) is 0 Å². The van der Waals surface area contributed by atoms with Gasteiger partial charge in [0.05, 0.1) is 13.7 Å². The Bertz CT molecular complexity index is 437. The van der Waals surface area contributed by atoms with Gasteiger partial charge in [0.15, 0.2) is 11.5 Å². The van der Waals surface area contributed by atoms with E-state index in [2.05, 4.69) is 23.2 Å². The molecule has 1 saturated heterocycles. The lowest BCUT2D eigenvalue weighted by Crippen LogP contribution is -2.26. The number of likely N-dealkylation sites (tertiary alicyclic amines) is 1. The summed E-state index contributed by atoms with van der Waals surface area (Å²) in [6.07, 6.45) is 3.69. The van der Waals surface area contributed by atoms with E-state index in [1.54, 1.807) is 7.11 Å². The molecule has 4 nitrogen and oxygen atoms in total. The van der Waals surface area contributed by atoms with Crippen molar-refractivity contribution in [2.45, 2.75) is 39.2 Å². The highest BCUT2D eigenvalue weighted by molar-refractivity contribution is 5.55. The number of ether oxygens (including phenoxy) is 2. The fourth-order valence-electron chi connectivity index (χ4n) is 2.88. The van der Waals surface area contributed by atoms with Gasteiger partial charge in [-0.15, -0.1) is 0 Å². The minimum absolute atomic E-state index is 0.546. The summed E-state index contributed by atoms with van der Waals surface area (Å²) in [7, 11) is 1.69. The topological polar surface area (TPSA) is 33.7 Å². The highest BCUT2D eigenvalue weighted by Gasteiger charge is 2.16. The van der Waals surface area contributed by atoms with Gasteiger partial charge in [0.1, 0.15) is 0 Å². The van der Waals surface area contributed by atoms with Crippen molar-refractivity contribution in [2.75, 3.05) is 38.7 Å². The molecule has 0 aliphatic carbocycles. The maximum Gasteiger partial charge on any atom is 0.162 e. The van der Waals surface area contributed by atoms with Crippen LogP contribution in [0.25, 0.3) is 0 Å². The first-order valence-corrected chi connectivity index (χ1v) is 8.06. The van der Waals surface area contributed by atoms with E-state index in [-0.39, 0.29) is 0 Å². The van der Waals surface area contributed by atoms with Crippen LogP contribution in [0, 0.1) is 0 Å². The molecule has 1 N–H and O–H groups in total. The average molecular weight is 292 g/mol. The Hall–Kier alpha value is -1.42. The average Bonchev–Trinajstić information content (AvgIpc) is 2.74. The van der Waals surface area contributed by atoms with E-state index in [0.717, 1.165) is 23.7 Å². The second-order valence-electron chi connectivity index (χ2n) is 5.51. The number of methoxy groups -OCH3 is 1. The molecule has 1 aromatic carbocycles. The van der Waals surface area contributed by atoms with Gasteiger partial charge in [-0.3, -0.25) is 0 Å². The number of hydrogen-bond donors (Lipinski definition) is 1. The number of nitrogens with one attached hydrogen (secondary N) is 1. The molecule has 0 aromatic heterocycles. The SMILES string of the molecule is CCOc1ccc(NC2CCCN(CC)CC2)cc1OC. The molecule has 2 rings (SSSR count). The molecular formula is C17H28N2O2. The summed E-state index contributed by atoms with van der Waals surface area (Å²) in [6, 6.07) is 6.65. The van der Waals surface area contributed by atoms with Crippen LogP contribution < -0.4 is 14.8 Å². The van der Waals surface area contributed by atoms with E-state index < -0.39 is 0 Å². The van der Waals surface area contributed by atoms with Gasteiger partial charge < -0.3 is 19.7 Å². The molecule has 1 heterocycles. The van der Waals surface area contributed by atoms with Gasteiger partial charge in [0, 0.05) is 24.3 Å². The smallest absolute Gasteiger partial charge is 0.162 e. The predicted molar refractivity (Wildman–Crippen MR) is 87.5 cm³/mol. The van der Waals surface area contributed by atoms with Crippen molar-refractivity contribution >= 4 is 5.69 Å². The Morgan fingerprint density at radius 1 is 1.19 bits per heavy atom. The van der Waals surface area contributed by atoms with Gasteiger partial charge in [-0.25, -0.2) is 0 Å². The summed E-state index contributed by atoms with van der Waals surface area (Å²) in [5.41, 5.74) is 1.12. The molecule has 4 heteroatoms. The molecule has 0 bridgehead atoms. The van der Waals surface area contributed by atoms with E-state index in [0.29, 0.717) is 12.6 Å². The summed E-state index contributed by atoms with van der Waals surface area (Å²) in [5.74, 6) is 1.61. The minimum atomic E-state index is 0.546. The van der Waals surface area contributed by atoms with Gasteiger partial charge in [0.25, 0.3) is 0 Å². The first-order chi connectivity index (χ1) is 10.3. The Labute approximate surface area is 128 Å². The molecule has 0 saturated carbocycles. The van der Waals surface area contributed by atoms with E-state index in [1.807, 2.05) is 19.1 Å². The highest BCUT2D eigenvalue weighted by atomic mass is 16.5. The van der Waals surface area contributed by atoms with Crippen LogP contribution in [0.4, 0.5) is 5.69 Å². The number of anilines is 1. The zero-order valence-electron chi connectivity index (χ0n) is 13.5. The molecule has 1 aromatic rings. The highest BCUT2D eigenvalue weighted by Crippen LogP contribution is 2.31. The third-order valence-corrected chi connectivity index (χ3v) is 4.10. The molecule has 1 aliphatic rings. The van der Waals surface area contributed by atoms with E-state index >= 15 is 0 Å². The molecule has 21 heavy (non-hydrogen) atoms. The molecular weight excluding hydrogens is 264 g/mol. The number of rotatable bonds is 6. The van der Waals surface area contributed by atoms with Crippen LogP contribution >= 0.6 is 0 Å². The number of benzene rings is 1. The molecule has 0 amide bonds. The van der Waals surface area contributed by atoms with E-state index in [9.17, 15) is 0 Å². The molecule has 0 radical (unpaired) electrons. The van der Waals surface area contributed by atoms with Crippen molar-refractivity contribution in [1.82, 2.24) is 4.90 Å². The van der Waals surface area contributed by atoms with Crippen LogP contribution in [0.2, 0.25) is 0 Å². The molecule has 118 valence electrons. The molecule has 0 spiro atoms. The standard InChI is InChI=1S/C17H28N2O2/c1-4-19-11-6-7-14(10-12-19)18-15-8-9-16(21-5-2)17(13-15)20-3/h8-9,13-14,18H,4-7,10-12H2,1-3H3. The van der Waals surface area contributed by atoms with Crippen LogP contribution in [0.5, 0.6) is 11.5 Å². The van der Waals surface area contributed by atoms with E-state index in [4.69, 9.17) is 9.47 Å². The van der Waals surface area contributed by atoms with Crippen molar-refractivity contribution < 1.29 is 9.47 Å². The minimum Gasteiger partial charge on any atom is -0.493 e. The van der Waals surface area contributed by atoms with Crippen molar-refractivity contribution in [1.29, 1.82) is 0 Å². The quantitative estimate of drug-likeness (QED) is 0.871. The van der Waals surface area contributed by atoms with Crippen LogP contribution in [-0.2, 0) is 0 Å². The summed E-state index contributed by atoms with van der Waals surface area (Å²) in [6.45, 7) is 8.44. The Morgan fingerprint density at radius 3 is 2.76 bits per heavy atom. The largest absolute Gasteiger partial charge is 0.493 e. The Balaban J connectivity index is 1.99. The van der Waals surface area contributed by atoms with Crippen molar-refractivity contribution in [3.05, 3.63) is 18.2 Å². The predicted octanol–water partition coefficient (Wildman–Crippen LogP) is 3.38. The van der Waals surface area contributed by atoms with Gasteiger partial charge in [-0.2, -0.15) is 0 Å². The van der Waals surface area contributed by atoms with Gasteiger partial charge in [0.2, 0.25) is 0 Å². The van der Waals surface area contributed by atoms with Crippen molar-refractivity contribution in [2.24, 2.45) is 0 Å². The lowest BCUT2D eigenvalue weighted by atomic mass is 10.1. The summed E-state index contributed by atoms with van der Waals surface area (Å²) < 4.78 is 11.0. The summed E-state index contributed by atoms with van der Waals surface area (Å²) in [5, 5.41) is 3.65. The second kappa shape index (κ2) is 8.13. The van der Waals surface area contributed by atoms with Crippen LogP contribution in [0.15, 0.2) is 18.2 Å². The van der Waals surface area contributed by atoms with Crippen LogP contribution in [0.1, 0.15) is 33.1 Å². The Morgan fingerprint density at radius 2 is 2.05 bits per heavy atom.